The second-order valence-electron chi connectivity index (χ2n) is 8.95. The van der Waals surface area contributed by atoms with Crippen molar-refractivity contribution in [3.8, 4) is 0 Å². The van der Waals surface area contributed by atoms with Crippen LogP contribution in [0.5, 0.6) is 0 Å². The summed E-state index contributed by atoms with van der Waals surface area (Å²) in [4.78, 5) is 33.2. The first kappa shape index (κ1) is 32.2. The van der Waals surface area contributed by atoms with Gasteiger partial charge in [0, 0.05) is 37.5 Å². The van der Waals surface area contributed by atoms with Gasteiger partial charge in [-0.15, -0.1) is 11.3 Å². The molecule has 9 nitrogen and oxygen atoms in total. The Kier molecular flexibility index (Phi) is 11.5. The molecule has 0 aliphatic carbocycles. The van der Waals surface area contributed by atoms with Crippen molar-refractivity contribution in [3.63, 3.8) is 0 Å². The van der Waals surface area contributed by atoms with Crippen LogP contribution < -0.4 is 4.90 Å². The molecular weight excluding hydrogens is 558 g/mol. The summed E-state index contributed by atoms with van der Waals surface area (Å²) in [6.07, 6.45) is -2.81. The maximum Gasteiger partial charge on any atom is 0.490 e. The molecule has 1 spiro atoms. The van der Waals surface area contributed by atoms with E-state index in [1.807, 2.05) is 29.8 Å². The number of carbonyl (C=O) groups is 2. The molecule has 0 bridgehead atoms. The predicted octanol–water partition coefficient (Wildman–Crippen LogP) is 4.31. The minimum absolute atomic E-state index is 0.383. The highest BCUT2D eigenvalue weighted by Gasteiger charge is 2.46. The average molecular weight is 587 g/mol. The predicted molar refractivity (Wildman–Crippen MR) is 128 cm³/mol. The van der Waals surface area contributed by atoms with Crippen molar-refractivity contribution in [2.75, 3.05) is 38.3 Å². The summed E-state index contributed by atoms with van der Waals surface area (Å²) in [7, 11) is 1.79. The molecule has 1 atom stereocenters. The van der Waals surface area contributed by atoms with E-state index in [4.69, 9.17) is 24.5 Å². The van der Waals surface area contributed by atoms with Crippen molar-refractivity contribution < 1.29 is 50.9 Å². The summed E-state index contributed by atoms with van der Waals surface area (Å²) >= 11 is 1.86. The van der Waals surface area contributed by atoms with Gasteiger partial charge in [-0.1, -0.05) is 6.07 Å². The van der Waals surface area contributed by atoms with Crippen molar-refractivity contribution in [3.05, 3.63) is 40.8 Å². The molecular formula is C23H28F6N4O5S. The fraction of sp³-hybridized carbons (Fsp3) is 0.565. The first-order chi connectivity index (χ1) is 18.2. The zero-order valence-corrected chi connectivity index (χ0v) is 21.6. The molecule has 2 N–H and O–H groups in total. The Bertz CT molecular complexity index is 1010. The van der Waals surface area contributed by atoms with Crippen LogP contribution >= 0.6 is 11.3 Å². The summed E-state index contributed by atoms with van der Waals surface area (Å²) in [6, 6.07) is 6.66. The highest BCUT2D eigenvalue weighted by atomic mass is 32.1. The van der Waals surface area contributed by atoms with E-state index in [9.17, 15) is 26.3 Å². The number of carboxylic acids is 2. The van der Waals surface area contributed by atoms with Crippen LogP contribution in [-0.2, 0) is 20.9 Å². The molecule has 39 heavy (non-hydrogen) atoms. The Hall–Kier alpha value is -2.98. The molecule has 2 aromatic heterocycles. The number of alkyl halides is 6. The summed E-state index contributed by atoms with van der Waals surface area (Å²) in [5.74, 6) is -4.66. The van der Waals surface area contributed by atoms with Crippen molar-refractivity contribution in [2.45, 2.75) is 44.2 Å². The third-order valence-corrected chi connectivity index (χ3v) is 7.01. The number of carboxylic acid groups (broad SMARTS) is 2. The molecule has 4 rings (SSSR count). The number of hydrogen-bond acceptors (Lipinski definition) is 8. The zero-order valence-electron chi connectivity index (χ0n) is 20.8. The van der Waals surface area contributed by atoms with E-state index >= 15 is 0 Å². The van der Waals surface area contributed by atoms with Gasteiger partial charge in [-0.05, 0) is 55.3 Å². The molecule has 1 unspecified atom stereocenters. The monoisotopic (exact) mass is 586 g/mol. The third kappa shape index (κ3) is 10.3. The molecule has 0 amide bonds. The molecule has 2 aliphatic heterocycles. The van der Waals surface area contributed by atoms with E-state index in [-0.39, 0.29) is 0 Å². The molecule has 0 saturated carbocycles. The van der Waals surface area contributed by atoms with E-state index in [2.05, 4.69) is 37.3 Å². The number of aliphatic carboxylic acids is 2. The van der Waals surface area contributed by atoms with Gasteiger partial charge in [0.15, 0.2) is 0 Å². The highest BCUT2D eigenvalue weighted by Crippen LogP contribution is 2.44. The summed E-state index contributed by atoms with van der Waals surface area (Å²) in [5.41, 5.74) is 0.383. The van der Waals surface area contributed by atoms with E-state index in [0.717, 1.165) is 25.6 Å². The SMILES string of the molecule is COCC1CC2(CCN(Cc3cccs3)CC2)CN1c1ncccn1.O=C(O)C(F)(F)F.O=C(O)C(F)(F)F. The van der Waals surface area contributed by atoms with Gasteiger partial charge in [-0.2, -0.15) is 26.3 Å². The van der Waals surface area contributed by atoms with Crippen molar-refractivity contribution in [1.29, 1.82) is 0 Å². The Morgan fingerprint density at radius 2 is 1.59 bits per heavy atom. The summed E-state index contributed by atoms with van der Waals surface area (Å²) in [6.45, 7) is 5.26. The number of piperidine rings is 1. The van der Waals surface area contributed by atoms with Gasteiger partial charge in [-0.25, -0.2) is 19.6 Å². The van der Waals surface area contributed by atoms with Crippen LogP contribution in [0.25, 0.3) is 0 Å². The number of likely N-dealkylation sites (tertiary alicyclic amines) is 1. The van der Waals surface area contributed by atoms with Crippen LogP contribution in [0, 0.1) is 5.41 Å². The fourth-order valence-electron chi connectivity index (χ4n) is 4.35. The fourth-order valence-corrected chi connectivity index (χ4v) is 5.10. The van der Waals surface area contributed by atoms with Gasteiger partial charge >= 0.3 is 24.3 Å². The largest absolute Gasteiger partial charge is 0.490 e. The Labute approximate surface area is 224 Å². The zero-order chi connectivity index (χ0) is 29.3. The molecule has 16 heteroatoms. The maximum atomic E-state index is 10.6. The maximum absolute atomic E-state index is 10.6. The smallest absolute Gasteiger partial charge is 0.475 e. The molecule has 2 aliphatic rings. The Morgan fingerprint density at radius 1 is 1.05 bits per heavy atom. The van der Waals surface area contributed by atoms with Gasteiger partial charge in [-0.3, -0.25) is 4.90 Å². The molecule has 0 radical (unpaired) electrons. The minimum atomic E-state index is -5.08. The minimum Gasteiger partial charge on any atom is -0.475 e. The van der Waals surface area contributed by atoms with E-state index in [1.165, 1.54) is 37.2 Å². The number of ether oxygens (including phenoxy) is 1. The molecule has 0 aromatic carbocycles. The highest BCUT2D eigenvalue weighted by molar-refractivity contribution is 7.09. The number of nitrogens with zero attached hydrogens (tertiary/aromatic N) is 4. The Balaban J connectivity index is 0.000000317. The van der Waals surface area contributed by atoms with E-state index < -0.39 is 24.3 Å². The van der Waals surface area contributed by atoms with Gasteiger partial charge in [0.1, 0.15) is 0 Å². The lowest BCUT2D eigenvalue weighted by Gasteiger charge is -2.39. The van der Waals surface area contributed by atoms with Crippen LogP contribution in [0.4, 0.5) is 32.3 Å². The van der Waals surface area contributed by atoms with Gasteiger partial charge in [0.25, 0.3) is 0 Å². The normalized spacial score (nSPS) is 19.1. The number of rotatable bonds is 5. The number of thiophene rings is 1. The van der Waals surface area contributed by atoms with Crippen molar-refractivity contribution in [2.24, 2.45) is 5.41 Å². The van der Waals surface area contributed by atoms with Crippen molar-refractivity contribution >= 4 is 29.2 Å². The number of anilines is 1. The first-order valence-electron chi connectivity index (χ1n) is 11.5. The van der Waals surface area contributed by atoms with Crippen LogP contribution in [0.3, 0.4) is 0 Å². The van der Waals surface area contributed by atoms with Gasteiger partial charge in [0.2, 0.25) is 5.95 Å². The average Bonchev–Trinajstić information content (AvgIpc) is 3.49. The van der Waals surface area contributed by atoms with Crippen LogP contribution in [0.1, 0.15) is 24.1 Å². The lowest BCUT2D eigenvalue weighted by atomic mass is 9.76. The standard InChI is InChI=1S/C19H26N4OS.2C2HF3O2/c1-24-14-16-12-19(15-23(16)18-20-7-3-8-21-18)5-9-22(10-6-19)13-17-4-2-11-25-17;2*3-2(4,5)1(6)7/h2-4,7-8,11,16H,5-6,9-10,12-15H2,1H3;2*(H,6,7). The number of halogens is 6. The summed E-state index contributed by atoms with van der Waals surface area (Å²) in [5, 5.41) is 16.4. The van der Waals surface area contributed by atoms with Crippen molar-refractivity contribution in [1.82, 2.24) is 14.9 Å². The summed E-state index contributed by atoms with van der Waals surface area (Å²) < 4.78 is 69.0. The number of aromatic nitrogens is 2. The van der Waals surface area contributed by atoms with Crippen LogP contribution in [0.15, 0.2) is 36.0 Å². The van der Waals surface area contributed by atoms with Crippen LogP contribution in [-0.4, -0.2) is 88.8 Å². The number of hydrogen-bond donors (Lipinski definition) is 2. The molecule has 218 valence electrons. The quantitative estimate of drug-likeness (QED) is 0.495. The van der Waals surface area contributed by atoms with E-state index in [1.54, 1.807) is 7.11 Å². The second kappa shape index (κ2) is 13.9. The molecule has 2 saturated heterocycles. The van der Waals surface area contributed by atoms with E-state index in [0.29, 0.717) is 11.5 Å². The molecule has 2 aromatic rings. The molecule has 4 heterocycles. The van der Waals surface area contributed by atoms with Gasteiger partial charge in [0.05, 0.1) is 12.6 Å². The second-order valence-corrected chi connectivity index (χ2v) is 9.98. The Morgan fingerprint density at radius 3 is 2.03 bits per heavy atom. The lowest BCUT2D eigenvalue weighted by Crippen LogP contribution is -2.41. The topological polar surface area (TPSA) is 116 Å². The van der Waals surface area contributed by atoms with Crippen LogP contribution in [0.2, 0.25) is 0 Å². The first-order valence-corrected chi connectivity index (χ1v) is 12.4. The molecule has 2 fully saturated rings. The number of methoxy groups -OCH3 is 1. The lowest BCUT2D eigenvalue weighted by molar-refractivity contribution is -0.193. The third-order valence-electron chi connectivity index (χ3n) is 6.14. The van der Waals surface area contributed by atoms with Gasteiger partial charge < -0.3 is 19.8 Å².